The largest absolute Gasteiger partial charge is 0.506 e. The van der Waals surface area contributed by atoms with Crippen molar-refractivity contribution in [2.75, 3.05) is 0 Å². The Morgan fingerprint density at radius 3 is 2.71 bits per heavy atom. The summed E-state index contributed by atoms with van der Waals surface area (Å²) >= 11 is 7.42. The highest BCUT2D eigenvalue weighted by molar-refractivity contribution is 7.11. The van der Waals surface area contributed by atoms with Gasteiger partial charge in [-0.1, -0.05) is 47.5 Å². The highest BCUT2D eigenvalue weighted by atomic mass is 35.5. The van der Waals surface area contributed by atoms with Crippen LogP contribution in [0.1, 0.15) is 16.1 Å². The number of nitriles is 1. The van der Waals surface area contributed by atoms with Gasteiger partial charge >= 0.3 is 0 Å². The van der Waals surface area contributed by atoms with Gasteiger partial charge in [-0.3, -0.25) is 0 Å². The number of halogens is 1. The molecule has 0 bridgehead atoms. The summed E-state index contributed by atoms with van der Waals surface area (Å²) in [6, 6.07) is 16.9. The van der Waals surface area contributed by atoms with Crippen LogP contribution < -0.4 is 0 Å². The van der Waals surface area contributed by atoms with E-state index in [0.717, 1.165) is 16.8 Å². The van der Waals surface area contributed by atoms with Crippen molar-refractivity contribution in [2.24, 2.45) is 0 Å². The smallest absolute Gasteiger partial charge is 0.145 e. The molecule has 5 heteroatoms. The van der Waals surface area contributed by atoms with E-state index in [1.54, 1.807) is 24.3 Å². The molecule has 0 spiro atoms. The van der Waals surface area contributed by atoms with Gasteiger partial charge in [0, 0.05) is 16.5 Å². The van der Waals surface area contributed by atoms with Gasteiger partial charge in [-0.15, -0.1) is 11.3 Å². The standard InChI is InChI=1S/C19H13ClN2OS/c1-12-5-4-6-13(9-12)17-11-24-19(22-17)15(10-21)18(23)14-7-2-3-8-16(14)20/h2-9,11,23H,1H3/b18-15+. The molecule has 0 unspecified atom stereocenters. The van der Waals surface area contributed by atoms with Crippen LogP contribution in [-0.2, 0) is 0 Å². The quantitative estimate of drug-likeness (QED) is 0.484. The van der Waals surface area contributed by atoms with Gasteiger partial charge in [-0.05, 0) is 25.1 Å². The minimum Gasteiger partial charge on any atom is -0.506 e. The highest BCUT2D eigenvalue weighted by Gasteiger charge is 2.16. The first kappa shape index (κ1) is 16.3. The summed E-state index contributed by atoms with van der Waals surface area (Å²) in [5.74, 6) is -0.159. The highest BCUT2D eigenvalue weighted by Crippen LogP contribution is 2.32. The van der Waals surface area contributed by atoms with Crippen molar-refractivity contribution in [1.82, 2.24) is 4.98 Å². The van der Waals surface area contributed by atoms with E-state index in [-0.39, 0.29) is 11.3 Å². The van der Waals surface area contributed by atoms with Crippen molar-refractivity contribution in [2.45, 2.75) is 6.92 Å². The molecule has 118 valence electrons. The Kier molecular flexibility index (Phi) is 4.66. The second kappa shape index (κ2) is 6.88. The third kappa shape index (κ3) is 3.18. The molecule has 2 aromatic carbocycles. The van der Waals surface area contributed by atoms with Gasteiger partial charge in [-0.25, -0.2) is 4.98 Å². The maximum Gasteiger partial charge on any atom is 0.145 e. The molecule has 3 aromatic rings. The van der Waals surface area contributed by atoms with E-state index in [1.807, 2.05) is 42.6 Å². The molecule has 1 N–H and O–H groups in total. The number of aliphatic hydroxyl groups excluding tert-OH is 1. The third-order valence-electron chi connectivity index (χ3n) is 3.51. The molecule has 0 saturated carbocycles. The van der Waals surface area contributed by atoms with Gasteiger partial charge < -0.3 is 5.11 Å². The monoisotopic (exact) mass is 352 g/mol. The summed E-state index contributed by atoms with van der Waals surface area (Å²) in [6.07, 6.45) is 0. The molecule has 24 heavy (non-hydrogen) atoms. The Hall–Kier alpha value is -2.61. The minimum atomic E-state index is -0.159. The number of aromatic nitrogens is 1. The zero-order valence-electron chi connectivity index (χ0n) is 12.8. The van der Waals surface area contributed by atoms with Crippen LogP contribution in [0.4, 0.5) is 0 Å². The molecule has 0 saturated heterocycles. The number of aryl methyl sites for hydroxylation is 1. The van der Waals surface area contributed by atoms with Crippen molar-refractivity contribution in [1.29, 1.82) is 5.26 Å². The SMILES string of the molecule is Cc1cccc(-c2csc(/C(C#N)=C(/O)c3ccccc3Cl)n2)c1. The van der Waals surface area contributed by atoms with E-state index in [4.69, 9.17) is 11.6 Å². The first-order valence-electron chi connectivity index (χ1n) is 7.21. The number of hydrogen-bond donors (Lipinski definition) is 1. The molecule has 0 fully saturated rings. The van der Waals surface area contributed by atoms with Crippen molar-refractivity contribution in [3.63, 3.8) is 0 Å². The summed E-state index contributed by atoms with van der Waals surface area (Å²) in [7, 11) is 0. The second-order valence-corrected chi connectivity index (χ2v) is 6.49. The average molecular weight is 353 g/mol. The Morgan fingerprint density at radius 1 is 1.21 bits per heavy atom. The molecule has 1 aromatic heterocycles. The summed E-state index contributed by atoms with van der Waals surface area (Å²) in [6.45, 7) is 2.01. The number of hydrogen-bond acceptors (Lipinski definition) is 4. The maximum absolute atomic E-state index is 10.5. The maximum atomic E-state index is 10.5. The average Bonchev–Trinajstić information content (AvgIpc) is 3.05. The van der Waals surface area contributed by atoms with Crippen LogP contribution in [0.15, 0.2) is 53.9 Å². The summed E-state index contributed by atoms with van der Waals surface area (Å²) in [4.78, 5) is 4.50. The van der Waals surface area contributed by atoms with E-state index in [2.05, 4.69) is 4.98 Å². The molecule has 3 nitrogen and oxygen atoms in total. The number of nitrogens with zero attached hydrogens (tertiary/aromatic N) is 2. The van der Waals surface area contributed by atoms with Gasteiger partial charge in [0.1, 0.15) is 22.4 Å². The zero-order chi connectivity index (χ0) is 17.1. The van der Waals surface area contributed by atoms with E-state index in [1.165, 1.54) is 11.3 Å². The fourth-order valence-corrected chi connectivity index (χ4v) is 3.36. The molecule has 0 atom stereocenters. The first-order valence-corrected chi connectivity index (χ1v) is 8.47. The predicted octanol–water partition coefficient (Wildman–Crippen LogP) is 5.72. The Morgan fingerprint density at radius 2 is 2.00 bits per heavy atom. The molecule has 3 rings (SSSR count). The Bertz CT molecular complexity index is 969. The minimum absolute atomic E-state index is 0.118. The summed E-state index contributed by atoms with van der Waals surface area (Å²) in [5.41, 5.74) is 3.43. The molecule has 0 aliphatic carbocycles. The molecule has 0 aliphatic heterocycles. The van der Waals surface area contributed by atoms with Gasteiger partial charge in [0.15, 0.2) is 0 Å². The molecular weight excluding hydrogens is 340 g/mol. The lowest BCUT2D eigenvalue weighted by molar-refractivity contribution is 0.514. The molecular formula is C19H13ClN2OS. The Balaban J connectivity index is 2.06. The van der Waals surface area contributed by atoms with Crippen molar-refractivity contribution in [3.8, 4) is 17.3 Å². The van der Waals surface area contributed by atoms with Crippen LogP contribution in [0.5, 0.6) is 0 Å². The van der Waals surface area contributed by atoms with E-state index >= 15 is 0 Å². The first-order chi connectivity index (χ1) is 11.6. The second-order valence-electron chi connectivity index (χ2n) is 5.22. The molecule has 0 radical (unpaired) electrons. The van der Waals surface area contributed by atoms with Crippen LogP contribution in [0.3, 0.4) is 0 Å². The predicted molar refractivity (Wildman–Crippen MR) is 98.8 cm³/mol. The fourth-order valence-electron chi connectivity index (χ4n) is 2.32. The topological polar surface area (TPSA) is 56.9 Å². The molecule has 1 heterocycles. The van der Waals surface area contributed by atoms with Crippen LogP contribution in [0.2, 0.25) is 5.02 Å². The number of aliphatic hydroxyl groups is 1. The van der Waals surface area contributed by atoms with Gasteiger partial charge in [-0.2, -0.15) is 5.26 Å². The van der Waals surface area contributed by atoms with Crippen molar-refractivity contribution in [3.05, 3.63) is 75.1 Å². The van der Waals surface area contributed by atoms with Crippen LogP contribution in [0.25, 0.3) is 22.6 Å². The number of allylic oxidation sites excluding steroid dienone is 1. The van der Waals surface area contributed by atoms with E-state index in [0.29, 0.717) is 15.6 Å². The van der Waals surface area contributed by atoms with Crippen LogP contribution >= 0.6 is 22.9 Å². The Labute approximate surface area is 149 Å². The fraction of sp³-hybridized carbons (Fsp3) is 0.0526. The molecule has 0 aliphatic rings. The van der Waals surface area contributed by atoms with Crippen LogP contribution in [-0.4, -0.2) is 10.1 Å². The van der Waals surface area contributed by atoms with Crippen molar-refractivity contribution >= 4 is 34.3 Å². The van der Waals surface area contributed by atoms with Crippen molar-refractivity contribution < 1.29 is 5.11 Å². The van der Waals surface area contributed by atoms with E-state index < -0.39 is 0 Å². The van der Waals surface area contributed by atoms with Gasteiger partial charge in [0.25, 0.3) is 0 Å². The van der Waals surface area contributed by atoms with Gasteiger partial charge in [0.2, 0.25) is 0 Å². The summed E-state index contributed by atoms with van der Waals surface area (Å²) < 4.78 is 0. The number of rotatable bonds is 3. The summed E-state index contributed by atoms with van der Waals surface area (Å²) in [5, 5.41) is 22.7. The normalized spacial score (nSPS) is 11.7. The van der Waals surface area contributed by atoms with Crippen LogP contribution in [0, 0.1) is 18.3 Å². The van der Waals surface area contributed by atoms with E-state index in [9.17, 15) is 10.4 Å². The zero-order valence-corrected chi connectivity index (χ0v) is 14.4. The molecule has 0 amide bonds. The number of thiazole rings is 1. The lowest BCUT2D eigenvalue weighted by Gasteiger charge is -2.04. The van der Waals surface area contributed by atoms with Gasteiger partial charge in [0.05, 0.1) is 10.7 Å². The third-order valence-corrected chi connectivity index (χ3v) is 4.70. The lowest BCUT2D eigenvalue weighted by Crippen LogP contribution is -1.91. The number of benzene rings is 2. The lowest BCUT2D eigenvalue weighted by atomic mass is 10.1.